The van der Waals surface area contributed by atoms with Crippen molar-refractivity contribution in [2.24, 2.45) is 5.73 Å². The summed E-state index contributed by atoms with van der Waals surface area (Å²) in [6.07, 6.45) is -1.18. The van der Waals surface area contributed by atoms with E-state index >= 15 is 0 Å². The molecule has 0 saturated heterocycles. The lowest BCUT2D eigenvalue weighted by Crippen LogP contribution is -2.20. The molecule has 0 saturated carbocycles. The summed E-state index contributed by atoms with van der Waals surface area (Å²) in [7, 11) is 0. The Hall–Kier alpha value is -1.35. The van der Waals surface area contributed by atoms with Crippen LogP contribution in [-0.4, -0.2) is 11.0 Å². The first-order valence-corrected chi connectivity index (χ1v) is 3.24. The molecule has 0 aliphatic rings. The van der Waals surface area contributed by atoms with Crippen molar-refractivity contribution < 1.29 is 9.90 Å². The molecule has 1 atom stereocenters. The number of hydrogen-bond acceptors (Lipinski definition) is 2. The van der Waals surface area contributed by atoms with Gasteiger partial charge >= 0.3 is 0 Å². The van der Waals surface area contributed by atoms with Gasteiger partial charge < -0.3 is 10.8 Å². The van der Waals surface area contributed by atoms with Gasteiger partial charge in [0.05, 0.1) is 0 Å². The second kappa shape index (κ2) is 3.16. The molecule has 0 heterocycles. The average molecular weight is 151 g/mol. The molecular weight excluding hydrogens is 142 g/mol. The molecule has 0 aliphatic heterocycles. The zero-order chi connectivity index (χ0) is 8.27. The fourth-order valence-electron chi connectivity index (χ4n) is 0.800. The smallest absolute Gasteiger partial charge is 0.250 e. The van der Waals surface area contributed by atoms with Gasteiger partial charge in [-0.3, -0.25) is 4.79 Å². The third-order valence-corrected chi connectivity index (χ3v) is 1.38. The lowest BCUT2D eigenvalue weighted by atomic mass is 10.1. The molecule has 0 aliphatic carbocycles. The van der Waals surface area contributed by atoms with Crippen molar-refractivity contribution in [2.75, 3.05) is 0 Å². The van der Waals surface area contributed by atoms with Crippen molar-refractivity contribution >= 4 is 5.91 Å². The summed E-state index contributed by atoms with van der Waals surface area (Å²) in [4.78, 5) is 10.5. The Balaban J connectivity index is 2.85. The fourth-order valence-corrected chi connectivity index (χ4v) is 0.800. The number of carbonyl (C=O) groups is 1. The number of rotatable bonds is 2. The van der Waals surface area contributed by atoms with E-state index in [9.17, 15) is 4.79 Å². The Labute approximate surface area is 64.5 Å². The number of primary amides is 1. The number of amides is 1. The average Bonchev–Trinajstić information content (AvgIpc) is 2.05. The van der Waals surface area contributed by atoms with Gasteiger partial charge in [-0.1, -0.05) is 30.3 Å². The summed E-state index contributed by atoms with van der Waals surface area (Å²) in [5.74, 6) is -0.726. The van der Waals surface area contributed by atoms with Crippen molar-refractivity contribution in [3.8, 4) is 0 Å². The molecule has 1 aromatic rings. The van der Waals surface area contributed by atoms with Gasteiger partial charge in [-0.15, -0.1) is 0 Å². The van der Waals surface area contributed by atoms with Gasteiger partial charge in [0.25, 0.3) is 5.91 Å². The molecule has 0 radical (unpaired) electrons. The number of aliphatic hydroxyl groups excluding tert-OH is 1. The summed E-state index contributed by atoms with van der Waals surface area (Å²) in [5.41, 5.74) is 5.41. The van der Waals surface area contributed by atoms with Crippen LogP contribution in [0, 0.1) is 0 Å². The maximum Gasteiger partial charge on any atom is 0.250 e. The van der Waals surface area contributed by atoms with Gasteiger partial charge in [0.2, 0.25) is 0 Å². The van der Waals surface area contributed by atoms with Gasteiger partial charge in [0, 0.05) is 0 Å². The molecular formula is C8H9NO2. The van der Waals surface area contributed by atoms with Crippen molar-refractivity contribution in [1.82, 2.24) is 0 Å². The van der Waals surface area contributed by atoms with Crippen LogP contribution in [0.2, 0.25) is 0 Å². The van der Waals surface area contributed by atoms with Crippen LogP contribution in [0.5, 0.6) is 0 Å². The van der Waals surface area contributed by atoms with E-state index < -0.39 is 12.0 Å². The topological polar surface area (TPSA) is 63.3 Å². The molecule has 1 rings (SSSR count). The predicted molar refractivity (Wildman–Crippen MR) is 40.6 cm³/mol. The van der Waals surface area contributed by atoms with Gasteiger partial charge in [-0.05, 0) is 5.56 Å². The summed E-state index contributed by atoms with van der Waals surface area (Å²) in [6.45, 7) is 0. The summed E-state index contributed by atoms with van der Waals surface area (Å²) < 4.78 is 0. The molecule has 3 heteroatoms. The molecule has 3 N–H and O–H groups in total. The Kier molecular flexibility index (Phi) is 2.23. The first-order valence-electron chi connectivity index (χ1n) is 3.24. The highest BCUT2D eigenvalue weighted by Gasteiger charge is 2.11. The number of benzene rings is 1. The first kappa shape index (κ1) is 7.75. The van der Waals surface area contributed by atoms with Crippen LogP contribution in [0.25, 0.3) is 0 Å². The second-order valence-electron chi connectivity index (χ2n) is 2.22. The molecule has 0 fully saturated rings. The third kappa shape index (κ3) is 1.78. The van der Waals surface area contributed by atoms with E-state index in [1.54, 1.807) is 30.3 Å². The SMILES string of the molecule is NC(=O)[C@H](O)c1ccccc1. The Bertz CT molecular complexity index is 246. The number of carbonyl (C=O) groups excluding carboxylic acids is 1. The Morgan fingerprint density at radius 2 is 1.91 bits per heavy atom. The van der Waals surface area contributed by atoms with Crippen molar-refractivity contribution in [2.45, 2.75) is 6.10 Å². The van der Waals surface area contributed by atoms with E-state index in [1.807, 2.05) is 0 Å². The number of nitrogens with two attached hydrogens (primary N) is 1. The first-order chi connectivity index (χ1) is 5.22. The van der Waals surface area contributed by atoms with Crippen LogP contribution in [0.1, 0.15) is 11.7 Å². The minimum Gasteiger partial charge on any atom is -0.378 e. The molecule has 11 heavy (non-hydrogen) atoms. The van der Waals surface area contributed by atoms with Crippen molar-refractivity contribution in [3.63, 3.8) is 0 Å². The molecule has 58 valence electrons. The van der Waals surface area contributed by atoms with Gasteiger partial charge in [0.15, 0.2) is 6.10 Å². The Morgan fingerprint density at radius 3 is 2.36 bits per heavy atom. The van der Waals surface area contributed by atoms with E-state index in [1.165, 1.54) is 0 Å². The van der Waals surface area contributed by atoms with E-state index in [0.717, 1.165) is 0 Å². The van der Waals surface area contributed by atoms with Gasteiger partial charge in [0.1, 0.15) is 0 Å². The maximum atomic E-state index is 10.5. The second-order valence-corrected chi connectivity index (χ2v) is 2.22. The highest BCUT2D eigenvalue weighted by molar-refractivity contribution is 5.79. The summed E-state index contributed by atoms with van der Waals surface area (Å²) in [5, 5.41) is 9.12. The zero-order valence-corrected chi connectivity index (χ0v) is 5.90. The lowest BCUT2D eigenvalue weighted by Gasteiger charge is -2.04. The van der Waals surface area contributed by atoms with Gasteiger partial charge in [-0.25, -0.2) is 0 Å². The van der Waals surface area contributed by atoms with E-state index in [0.29, 0.717) is 5.56 Å². The molecule has 1 aromatic carbocycles. The minimum absolute atomic E-state index is 0.528. The molecule has 0 spiro atoms. The quantitative estimate of drug-likeness (QED) is 0.634. The van der Waals surface area contributed by atoms with Crippen molar-refractivity contribution in [3.05, 3.63) is 35.9 Å². The maximum absolute atomic E-state index is 10.5. The predicted octanol–water partition coefficient (Wildman–Crippen LogP) is 0.205. The highest BCUT2D eigenvalue weighted by atomic mass is 16.3. The highest BCUT2D eigenvalue weighted by Crippen LogP contribution is 2.10. The van der Waals surface area contributed by atoms with Crippen LogP contribution < -0.4 is 5.73 Å². The number of aliphatic hydroxyl groups is 1. The lowest BCUT2D eigenvalue weighted by molar-refractivity contribution is -0.126. The largest absolute Gasteiger partial charge is 0.378 e. The molecule has 1 amide bonds. The fraction of sp³-hybridized carbons (Fsp3) is 0.125. The molecule has 0 bridgehead atoms. The standard InChI is InChI=1S/C8H9NO2/c9-8(11)7(10)6-4-2-1-3-5-6/h1-5,7,10H,(H2,9,11)/t7-/m1/s1. The van der Waals surface area contributed by atoms with Crippen molar-refractivity contribution in [1.29, 1.82) is 0 Å². The zero-order valence-electron chi connectivity index (χ0n) is 5.90. The Morgan fingerprint density at radius 1 is 1.36 bits per heavy atom. The molecule has 0 aromatic heterocycles. The summed E-state index contributed by atoms with van der Waals surface area (Å²) >= 11 is 0. The monoisotopic (exact) mass is 151 g/mol. The normalized spacial score (nSPS) is 12.5. The van der Waals surface area contributed by atoms with Crippen LogP contribution in [0.3, 0.4) is 0 Å². The van der Waals surface area contributed by atoms with Crippen LogP contribution in [0.15, 0.2) is 30.3 Å². The van der Waals surface area contributed by atoms with Crippen LogP contribution in [0.4, 0.5) is 0 Å². The van der Waals surface area contributed by atoms with Crippen LogP contribution >= 0.6 is 0 Å². The third-order valence-electron chi connectivity index (χ3n) is 1.38. The summed E-state index contributed by atoms with van der Waals surface area (Å²) in [6, 6.07) is 8.57. The minimum atomic E-state index is -1.18. The van der Waals surface area contributed by atoms with Gasteiger partial charge in [-0.2, -0.15) is 0 Å². The molecule has 0 unspecified atom stereocenters. The van der Waals surface area contributed by atoms with Crippen LogP contribution in [-0.2, 0) is 4.79 Å². The van der Waals surface area contributed by atoms with E-state index in [4.69, 9.17) is 10.8 Å². The molecule has 3 nitrogen and oxygen atoms in total. The van der Waals surface area contributed by atoms with E-state index in [-0.39, 0.29) is 0 Å². The number of hydrogen-bond donors (Lipinski definition) is 2. The van der Waals surface area contributed by atoms with E-state index in [2.05, 4.69) is 0 Å².